The summed E-state index contributed by atoms with van der Waals surface area (Å²) in [7, 11) is -1.29. The fraction of sp³-hybridized carbons (Fsp3) is 0.348. The van der Waals surface area contributed by atoms with Crippen molar-refractivity contribution in [3.63, 3.8) is 0 Å². The normalized spacial score (nSPS) is 12.4. The quantitative estimate of drug-likeness (QED) is 0.534. The van der Waals surface area contributed by atoms with Crippen LogP contribution in [0.3, 0.4) is 0 Å². The van der Waals surface area contributed by atoms with Gasteiger partial charge in [-0.3, -0.25) is 3.97 Å². The summed E-state index contributed by atoms with van der Waals surface area (Å²) in [5.74, 6) is 0.671. The van der Waals surface area contributed by atoms with Crippen LogP contribution in [-0.4, -0.2) is 42.7 Å². The monoisotopic (exact) mass is 456 g/mol. The Labute approximate surface area is 190 Å². The van der Waals surface area contributed by atoms with E-state index in [0.29, 0.717) is 36.1 Å². The lowest BCUT2D eigenvalue weighted by atomic mass is 10.1. The van der Waals surface area contributed by atoms with Crippen LogP contribution in [0.25, 0.3) is 28.0 Å². The van der Waals surface area contributed by atoms with Crippen molar-refractivity contribution in [2.45, 2.75) is 39.8 Å². The third-order valence-electron chi connectivity index (χ3n) is 4.39. The Bertz CT molecular complexity index is 1180. The van der Waals surface area contributed by atoms with Crippen molar-refractivity contribution < 1.29 is 18.5 Å². The highest BCUT2D eigenvalue weighted by Gasteiger charge is 2.18. The molecule has 0 saturated heterocycles. The summed E-state index contributed by atoms with van der Waals surface area (Å²) in [5, 5.41) is 3.52. The lowest BCUT2D eigenvalue weighted by molar-refractivity contribution is 0.0523. The number of nitrogens with one attached hydrogen (secondary N) is 1. The van der Waals surface area contributed by atoms with Crippen LogP contribution in [0.4, 0.5) is 4.79 Å². The summed E-state index contributed by atoms with van der Waals surface area (Å²) in [5.41, 5.74) is 2.33. The van der Waals surface area contributed by atoms with Crippen molar-refractivity contribution in [1.82, 2.24) is 19.3 Å². The van der Waals surface area contributed by atoms with E-state index in [1.54, 1.807) is 16.4 Å². The van der Waals surface area contributed by atoms with Crippen molar-refractivity contribution in [3.05, 3.63) is 54.5 Å². The average molecular weight is 457 g/mol. The zero-order chi connectivity index (χ0) is 23.5. The summed E-state index contributed by atoms with van der Waals surface area (Å²) in [6, 6.07) is 9.50. The second-order valence-corrected chi connectivity index (χ2v) is 9.35. The molecule has 1 amide bonds. The molecule has 0 fully saturated rings. The van der Waals surface area contributed by atoms with Gasteiger partial charge in [0, 0.05) is 29.9 Å². The van der Waals surface area contributed by atoms with Crippen molar-refractivity contribution in [2.24, 2.45) is 0 Å². The number of aromatic nitrogens is 3. The Morgan fingerprint density at radius 3 is 2.66 bits per heavy atom. The van der Waals surface area contributed by atoms with Crippen LogP contribution in [0.15, 0.2) is 43.1 Å². The minimum atomic E-state index is -1.29. The van der Waals surface area contributed by atoms with E-state index < -0.39 is 22.7 Å². The van der Waals surface area contributed by atoms with E-state index in [1.807, 2.05) is 58.0 Å². The Balaban J connectivity index is 1.99. The molecule has 3 aromatic rings. The van der Waals surface area contributed by atoms with Gasteiger partial charge in [0.05, 0.1) is 12.3 Å². The van der Waals surface area contributed by atoms with Gasteiger partial charge >= 0.3 is 6.09 Å². The van der Waals surface area contributed by atoms with Crippen LogP contribution >= 0.6 is 0 Å². The standard InChI is InChI=1S/C23H28N4O4S/c1-7-30-15(2)20-25-19(18-11-12-27(32(6)29)21(18)26-20)17-10-8-9-16(13-17)14-24-22(28)31-23(3,4)5/h8-13H,2,7,14H2,1,3-6H3,(H,24,28). The lowest BCUT2D eigenvalue weighted by Gasteiger charge is -2.19. The van der Waals surface area contributed by atoms with Gasteiger partial charge in [0.15, 0.2) is 17.2 Å². The number of nitrogens with zero attached hydrogens (tertiary/aromatic N) is 3. The number of carbonyl (C=O) groups excluding carboxylic acids is 1. The van der Waals surface area contributed by atoms with Crippen molar-refractivity contribution in [1.29, 1.82) is 0 Å². The highest BCUT2D eigenvalue weighted by Crippen LogP contribution is 2.29. The van der Waals surface area contributed by atoms with Crippen LogP contribution in [0.1, 0.15) is 39.1 Å². The van der Waals surface area contributed by atoms with E-state index >= 15 is 0 Å². The first kappa shape index (κ1) is 23.5. The van der Waals surface area contributed by atoms with Crippen LogP contribution in [0, 0.1) is 0 Å². The molecule has 2 heterocycles. The molecule has 9 heteroatoms. The van der Waals surface area contributed by atoms with E-state index in [-0.39, 0.29) is 0 Å². The second kappa shape index (κ2) is 9.52. The summed E-state index contributed by atoms with van der Waals surface area (Å²) in [6.45, 7) is 12.0. The van der Waals surface area contributed by atoms with Crippen LogP contribution in [0.2, 0.25) is 0 Å². The molecule has 0 aliphatic heterocycles. The molecule has 1 unspecified atom stereocenters. The van der Waals surface area contributed by atoms with Gasteiger partial charge in [-0.25, -0.2) is 19.0 Å². The molecule has 0 spiro atoms. The first-order valence-corrected chi connectivity index (χ1v) is 11.7. The molecule has 170 valence electrons. The van der Waals surface area contributed by atoms with Gasteiger partial charge in [-0.1, -0.05) is 24.8 Å². The van der Waals surface area contributed by atoms with E-state index in [1.165, 1.54) is 0 Å². The van der Waals surface area contributed by atoms with Gasteiger partial charge in [-0.05, 0) is 45.4 Å². The molecular weight excluding hydrogens is 428 g/mol. The zero-order valence-corrected chi connectivity index (χ0v) is 19.8. The number of amides is 1. The van der Waals surface area contributed by atoms with Gasteiger partial charge < -0.3 is 14.8 Å². The van der Waals surface area contributed by atoms with Crippen LogP contribution in [0.5, 0.6) is 0 Å². The molecule has 8 nitrogen and oxygen atoms in total. The maximum atomic E-state index is 12.2. The largest absolute Gasteiger partial charge is 0.491 e. The summed E-state index contributed by atoms with van der Waals surface area (Å²) >= 11 is 0. The average Bonchev–Trinajstić information content (AvgIpc) is 3.15. The lowest BCUT2D eigenvalue weighted by Crippen LogP contribution is -2.32. The zero-order valence-electron chi connectivity index (χ0n) is 19.0. The second-order valence-electron chi connectivity index (χ2n) is 8.11. The molecule has 3 rings (SSSR count). The molecule has 0 aliphatic rings. The smallest absolute Gasteiger partial charge is 0.407 e. The third-order valence-corrected chi connectivity index (χ3v) is 5.24. The predicted molar refractivity (Wildman–Crippen MR) is 126 cm³/mol. The minimum absolute atomic E-state index is 0.301. The van der Waals surface area contributed by atoms with Gasteiger partial charge in [0.1, 0.15) is 16.6 Å². The number of fused-ring (bicyclic) bond motifs is 1. The van der Waals surface area contributed by atoms with E-state index in [9.17, 15) is 9.00 Å². The van der Waals surface area contributed by atoms with Gasteiger partial charge in [0.2, 0.25) is 0 Å². The summed E-state index contributed by atoms with van der Waals surface area (Å²) in [4.78, 5) is 21.2. The minimum Gasteiger partial charge on any atom is -0.491 e. The van der Waals surface area contributed by atoms with Gasteiger partial charge in [-0.15, -0.1) is 0 Å². The first-order valence-electron chi connectivity index (χ1n) is 10.2. The third kappa shape index (κ3) is 5.53. The number of ether oxygens (including phenoxy) is 2. The molecule has 32 heavy (non-hydrogen) atoms. The van der Waals surface area contributed by atoms with E-state index in [2.05, 4.69) is 21.9 Å². The van der Waals surface area contributed by atoms with Gasteiger partial charge in [0.25, 0.3) is 0 Å². The van der Waals surface area contributed by atoms with Crippen molar-refractivity contribution in [3.8, 4) is 11.3 Å². The topological polar surface area (TPSA) is 95.3 Å². The Morgan fingerprint density at radius 2 is 2.00 bits per heavy atom. The molecular formula is C23H28N4O4S. The van der Waals surface area contributed by atoms with Gasteiger partial charge in [-0.2, -0.15) is 0 Å². The number of alkyl carbamates (subject to hydrolysis) is 1. The molecule has 1 aromatic carbocycles. The molecule has 0 saturated carbocycles. The fourth-order valence-electron chi connectivity index (χ4n) is 3.10. The maximum absolute atomic E-state index is 12.2. The molecule has 0 radical (unpaired) electrons. The SMILES string of the molecule is C=C(OCC)c1nc(-c2cccc(CNC(=O)OC(C)(C)C)c2)c2ccn(S(C)=O)c2n1. The first-order chi connectivity index (χ1) is 15.1. The van der Waals surface area contributed by atoms with Crippen molar-refractivity contribution >= 4 is 33.9 Å². The Hall–Kier alpha value is -3.20. The van der Waals surface area contributed by atoms with Crippen LogP contribution in [-0.2, 0) is 27.0 Å². The molecule has 0 bridgehead atoms. The molecule has 2 aromatic heterocycles. The Kier molecular flexibility index (Phi) is 6.98. The summed E-state index contributed by atoms with van der Waals surface area (Å²) < 4.78 is 24.6. The van der Waals surface area contributed by atoms with E-state index in [0.717, 1.165) is 16.5 Å². The van der Waals surface area contributed by atoms with Crippen molar-refractivity contribution in [2.75, 3.05) is 12.9 Å². The van der Waals surface area contributed by atoms with E-state index in [4.69, 9.17) is 9.47 Å². The highest BCUT2D eigenvalue weighted by atomic mass is 32.2. The maximum Gasteiger partial charge on any atom is 0.407 e. The number of hydrogen-bond donors (Lipinski definition) is 1. The number of hydrogen-bond acceptors (Lipinski definition) is 6. The number of benzene rings is 1. The predicted octanol–water partition coefficient (Wildman–Crippen LogP) is 4.27. The van der Waals surface area contributed by atoms with Crippen LogP contribution < -0.4 is 5.32 Å². The highest BCUT2D eigenvalue weighted by molar-refractivity contribution is 7.82. The number of rotatable bonds is 7. The summed E-state index contributed by atoms with van der Waals surface area (Å²) in [6.07, 6.45) is 2.83. The molecule has 1 atom stereocenters. The Morgan fingerprint density at radius 1 is 1.25 bits per heavy atom. The number of carbonyl (C=O) groups is 1. The molecule has 1 N–H and O–H groups in total. The fourth-order valence-corrected chi connectivity index (χ4v) is 3.71. The molecule has 0 aliphatic carbocycles.